The Morgan fingerprint density at radius 1 is 1.38 bits per heavy atom. The van der Waals surface area contributed by atoms with Gasteiger partial charge in [0.05, 0.1) is 6.26 Å². The maximum Gasteiger partial charge on any atom is 0.310 e. The van der Waals surface area contributed by atoms with Crippen molar-refractivity contribution < 1.29 is 9.53 Å². The predicted molar refractivity (Wildman–Crippen MR) is 54.2 cm³/mol. The van der Waals surface area contributed by atoms with Crippen LogP contribution in [0.25, 0.3) is 0 Å². The zero-order valence-electron chi connectivity index (χ0n) is 8.29. The summed E-state index contributed by atoms with van der Waals surface area (Å²) in [7, 11) is 0. The molecule has 0 aromatic rings. The van der Waals surface area contributed by atoms with Crippen LogP contribution in [0.1, 0.15) is 39.0 Å². The van der Waals surface area contributed by atoms with Crippen molar-refractivity contribution in [3.8, 4) is 0 Å². The molecule has 0 saturated heterocycles. The molecular formula is C11H18O2. The largest absolute Gasteiger partial charge is 0.434 e. The molecule has 2 nitrogen and oxygen atoms in total. The van der Waals surface area contributed by atoms with Crippen LogP contribution in [-0.2, 0) is 9.53 Å². The van der Waals surface area contributed by atoms with Crippen molar-refractivity contribution in [2.45, 2.75) is 39.0 Å². The summed E-state index contributed by atoms with van der Waals surface area (Å²) < 4.78 is 4.77. The minimum atomic E-state index is -0.158. The van der Waals surface area contributed by atoms with E-state index in [9.17, 15) is 4.79 Å². The summed E-state index contributed by atoms with van der Waals surface area (Å²) in [5.74, 6) is -0.158. The molecule has 2 heteroatoms. The van der Waals surface area contributed by atoms with Gasteiger partial charge in [-0.3, -0.25) is 4.79 Å². The summed E-state index contributed by atoms with van der Waals surface area (Å²) in [5.41, 5.74) is 0. The summed E-state index contributed by atoms with van der Waals surface area (Å²) in [4.78, 5) is 11.0. The molecule has 0 atom stereocenters. The number of hydrogen-bond donors (Lipinski definition) is 0. The number of carbonyl (C=O) groups excluding carboxylic acids is 1. The van der Waals surface area contributed by atoms with Crippen LogP contribution in [0, 0.1) is 0 Å². The highest BCUT2D eigenvalue weighted by atomic mass is 16.5. The third-order valence-electron chi connectivity index (χ3n) is 1.65. The first-order chi connectivity index (χ1) is 6.31. The van der Waals surface area contributed by atoms with Gasteiger partial charge in [0, 0.05) is 6.42 Å². The lowest BCUT2D eigenvalue weighted by Crippen LogP contribution is -1.98. The highest BCUT2D eigenvalue weighted by Crippen LogP contribution is 2.03. The lowest BCUT2D eigenvalue weighted by molar-refractivity contribution is -0.138. The number of hydrogen-bond acceptors (Lipinski definition) is 2. The maximum atomic E-state index is 11.0. The van der Waals surface area contributed by atoms with Gasteiger partial charge in [-0.15, -0.1) is 0 Å². The fourth-order valence-electron chi connectivity index (χ4n) is 0.926. The van der Waals surface area contributed by atoms with Crippen molar-refractivity contribution in [3.63, 3.8) is 0 Å². The van der Waals surface area contributed by atoms with Crippen LogP contribution < -0.4 is 0 Å². The van der Waals surface area contributed by atoms with Gasteiger partial charge >= 0.3 is 5.97 Å². The number of carbonyl (C=O) groups is 1. The standard InChI is InChI=1S/C11H18O2/c1-3-5-7-8-9-11(12)13-10-6-4-2/h4,6,10H,2-3,5,7-9H2,1H3. The van der Waals surface area contributed by atoms with Crippen LogP contribution in [0.5, 0.6) is 0 Å². The zero-order chi connectivity index (χ0) is 9.94. The van der Waals surface area contributed by atoms with Crippen LogP contribution in [0.4, 0.5) is 0 Å². The van der Waals surface area contributed by atoms with E-state index in [1.54, 1.807) is 12.2 Å². The molecule has 0 heterocycles. The molecule has 13 heavy (non-hydrogen) atoms. The number of esters is 1. The van der Waals surface area contributed by atoms with Gasteiger partial charge in [0.25, 0.3) is 0 Å². The highest BCUT2D eigenvalue weighted by Gasteiger charge is 1.98. The van der Waals surface area contributed by atoms with Crippen LogP contribution in [0.2, 0.25) is 0 Å². The Kier molecular flexibility index (Phi) is 8.31. The van der Waals surface area contributed by atoms with Gasteiger partial charge in [-0.25, -0.2) is 0 Å². The van der Waals surface area contributed by atoms with E-state index >= 15 is 0 Å². The minimum absolute atomic E-state index is 0.158. The van der Waals surface area contributed by atoms with Gasteiger partial charge < -0.3 is 4.74 Å². The number of rotatable bonds is 7. The molecule has 0 fully saturated rings. The molecule has 0 bridgehead atoms. The smallest absolute Gasteiger partial charge is 0.310 e. The van der Waals surface area contributed by atoms with E-state index in [1.807, 2.05) is 0 Å². The van der Waals surface area contributed by atoms with E-state index in [-0.39, 0.29) is 5.97 Å². The summed E-state index contributed by atoms with van der Waals surface area (Å²) in [6, 6.07) is 0. The summed E-state index contributed by atoms with van der Waals surface area (Å²) >= 11 is 0. The van der Waals surface area contributed by atoms with E-state index in [0.29, 0.717) is 6.42 Å². The molecule has 0 aliphatic carbocycles. The fraction of sp³-hybridized carbons (Fsp3) is 0.545. The van der Waals surface area contributed by atoms with Gasteiger partial charge in [0.2, 0.25) is 0 Å². The molecule has 0 amide bonds. The third-order valence-corrected chi connectivity index (χ3v) is 1.65. The summed E-state index contributed by atoms with van der Waals surface area (Å²) in [6.45, 7) is 5.61. The van der Waals surface area contributed by atoms with E-state index in [0.717, 1.165) is 12.8 Å². The molecule has 74 valence electrons. The monoisotopic (exact) mass is 182 g/mol. The lowest BCUT2D eigenvalue weighted by atomic mass is 10.2. The second kappa shape index (κ2) is 9.04. The Labute approximate surface area is 80.3 Å². The fourth-order valence-corrected chi connectivity index (χ4v) is 0.926. The average molecular weight is 182 g/mol. The molecule has 0 aromatic carbocycles. The molecule has 0 saturated carbocycles. The van der Waals surface area contributed by atoms with E-state index < -0.39 is 0 Å². The van der Waals surface area contributed by atoms with Crippen LogP contribution in [0.15, 0.2) is 25.0 Å². The van der Waals surface area contributed by atoms with Crippen LogP contribution >= 0.6 is 0 Å². The normalized spacial score (nSPS) is 10.2. The number of allylic oxidation sites excluding steroid dienone is 2. The summed E-state index contributed by atoms with van der Waals surface area (Å²) in [5, 5.41) is 0. The van der Waals surface area contributed by atoms with Crippen molar-refractivity contribution in [3.05, 3.63) is 25.0 Å². The minimum Gasteiger partial charge on any atom is -0.434 e. The molecule has 0 spiro atoms. The summed E-state index contributed by atoms with van der Waals surface area (Å²) in [6.07, 6.45) is 9.47. The SMILES string of the molecule is C=CC=COC(=O)CCCCCC. The average Bonchev–Trinajstić information content (AvgIpc) is 2.13. The van der Waals surface area contributed by atoms with Gasteiger partial charge in [0.15, 0.2) is 0 Å². The lowest BCUT2D eigenvalue weighted by Gasteiger charge is -1.98. The van der Waals surface area contributed by atoms with Crippen molar-refractivity contribution in [2.24, 2.45) is 0 Å². The molecule has 0 rings (SSSR count). The maximum absolute atomic E-state index is 11.0. The van der Waals surface area contributed by atoms with Crippen LogP contribution in [-0.4, -0.2) is 5.97 Å². The Morgan fingerprint density at radius 2 is 2.15 bits per heavy atom. The van der Waals surface area contributed by atoms with Gasteiger partial charge in [-0.2, -0.15) is 0 Å². The number of unbranched alkanes of at least 4 members (excludes halogenated alkanes) is 3. The Hall–Kier alpha value is -1.05. The Bertz CT molecular complexity index is 171. The first-order valence-corrected chi connectivity index (χ1v) is 4.78. The first kappa shape index (κ1) is 11.9. The third kappa shape index (κ3) is 8.86. The van der Waals surface area contributed by atoms with Gasteiger partial charge in [0.1, 0.15) is 0 Å². The molecule has 0 unspecified atom stereocenters. The second-order valence-corrected chi connectivity index (χ2v) is 2.86. The van der Waals surface area contributed by atoms with Crippen molar-refractivity contribution in [2.75, 3.05) is 0 Å². The zero-order valence-corrected chi connectivity index (χ0v) is 8.29. The molecular weight excluding hydrogens is 164 g/mol. The quantitative estimate of drug-likeness (QED) is 0.261. The van der Waals surface area contributed by atoms with E-state index in [4.69, 9.17) is 4.74 Å². The second-order valence-electron chi connectivity index (χ2n) is 2.86. The molecule has 0 aliphatic rings. The molecule has 0 aliphatic heterocycles. The van der Waals surface area contributed by atoms with E-state index in [1.165, 1.54) is 19.1 Å². The molecule has 0 aromatic heterocycles. The number of ether oxygens (including phenoxy) is 1. The Balaban J connectivity index is 3.30. The van der Waals surface area contributed by atoms with Crippen molar-refractivity contribution >= 4 is 5.97 Å². The van der Waals surface area contributed by atoms with Crippen molar-refractivity contribution in [1.29, 1.82) is 0 Å². The van der Waals surface area contributed by atoms with Gasteiger partial charge in [-0.05, 0) is 12.5 Å². The molecule has 0 radical (unpaired) electrons. The highest BCUT2D eigenvalue weighted by molar-refractivity contribution is 5.69. The van der Waals surface area contributed by atoms with Crippen molar-refractivity contribution in [1.82, 2.24) is 0 Å². The van der Waals surface area contributed by atoms with E-state index in [2.05, 4.69) is 13.5 Å². The van der Waals surface area contributed by atoms with Gasteiger partial charge in [-0.1, -0.05) is 38.8 Å². The van der Waals surface area contributed by atoms with Crippen LogP contribution in [0.3, 0.4) is 0 Å². The topological polar surface area (TPSA) is 26.3 Å². The predicted octanol–water partition coefficient (Wildman–Crippen LogP) is 3.20. The Morgan fingerprint density at radius 3 is 2.77 bits per heavy atom. The molecule has 0 N–H and O–H groups in total. The first-order valence-electron chi connectivity index (χ1n) is 4.78.